The SMILES string of the molecule is Cc1cc(C)n([C@H](C)CC(=O)N2CCC[C@@H]2[C@@H]2CCCN2C)n1. The van der Waals surface area contributed by atoms with Crippen LogP contribution in [0.3, 0.4) is 0 Å². The maximum atomic E-state index is 12.9. The van der Waals surface area contributed by atoms with Crippen molar-refractivity contribution < 1.29 is 4.79 Å². The molecule has 5 heteroatoms. The highest BCUT2D eigenvalue weighted by Gasteiger charge is 2.38. The molecule has 2 aliphatic rings. The molecular weight excluding hydrogens is 288 g/mol. The van der Waals surface area contributed by atoms with Gasteiger partial charge in [-0.25, -0.2) is 0 Å². The number of hydrogen-bond donors (Lipinski definition) is 0. The lowest BCUT2D eigenvalue weighted by Crippen LogP contribution is -2.47. The van der Waals surface area contributed by atoms with Gasteiger partial charge in [-0.3, -0.25) is 9.48 Å². The lowest BCUT2D eigenvalue weighted by atomic mass is 10.0. The summed E-state index contributed by atoms with van der Waals surface area (Å²) in [6.07, 6.45) is 5.36. The minimum absolute atomic E-state index is 0.124. The van der Waals surface area contributed by atoms with E-state index in [1.807, 2.05) is 11.6 Å². The molecule has 0 bridgehead atoms. The van der Waals surface area contributed by atoms with Gasteiger partial charge in [0.2, 0.25) is 5.91 Å². The Bertz CT molecular complexity index is 567. The number of carbonyl (C=O) groups is 1. The van der Waals surface area contributed by atoms with Gasteiger partial charge in [-0.1, -0.05) is 0 Å². The van der Waals surface area contributed by atoms with Crippen molar-refractivity contribution in [1.29, 1.82) is 0 Å². The molecule has 0 aromatic carbocycles. The molecule has 128 valence electrons. The number of carbonyl (C=O) groups excluding carboxylic acids is 1. The third-order valence-electron chi connectivity index (χ3n) is 5.57. The summed E-state index contributed by atoms with van der Waals surface area (Å²) in [4.78, 5) is 17.5. The Labute approximate surface area is 139 Å². The van der Waals surface area contributed by atoms with E-state index < -0.39 is 0 Å². The molecule has 0 spiro atoms. The van der Waals surface area contributed by atoms with Gasteiger partial charge in [0.05, 0.1) is 11.7 Å². The molecule has 1 aromatic heterocycles. The van der Waals surface area contributed by atoms with Crippen LogP contribution in [-0.2, 0) is 4.79 Å². The van der Waals surface area contributed by atoms with Crippen molar-refractivity contribution in [2.24, 2.45) is 0 Å². The average Bonchev–Trinajstić information content (AvgIpc) is 3.18. The fraction of sp³-hybridized carbons (Fsp3) is 0.778. The number of rotatable bonds is 4. The summed E-state index contributed by atoms with van der Waals surface area (Å²) in [7, 11) is 2.21. The second-order valence-corrected chi connectivity index (χ2v) is 7.41. The first kappa shape index (κ1) is 16.5. The Balaban J connectivity index is 1.66. The largest absolute Gasteiger partial charge is 0.338 e. The normalized spacial score (nSPS) is 26.9. The predicted octanol–water partition coefficient (Wildman–Crippen LogP) is 2.54. The van der Waals surface area contributed by atoms with Crippen LogP contribution in [0, 0.1) is 13.8 Å². The molecular formula is C18H30N4O. The van der Waals surface area contributed by atoms with Gasteiger partial charge in [0.15, 0.2) is 0 Å². The smallest absolute Gasteiger partial charge is 0.225 e. The highest BCUT2D eigenvalue weighted by Crippen LogP contribution is 2.30. The summed E-state index contributed by atoms with van der Waals surface area (Å²) in [5.41, 5.74) is 2.16. The standard InChI is InChI=1S/C18H30N4O/c1-13-11-14(2)22(19-13)15(3)12-18(23)21-10-6-8-17(21)16-7-5-9-20(16)4/h11,15-17H,5-10,12H2,1-4H3/t15-,16+,17-/m1/s1. The molecule has 3 heterocycles. The molecule has 0 N–H and O–H groups in total. The molecule has 3 rings (SSSR count). The van der Waals surface area contributed by atoms with Crippen molar-refractivity contribution in [2.45, 2.75) is 71.0 Å². The van der Waals surface area contributed by atoms with E-state index in [2.05, 4.69) is 41.9 Å². The summed E-state index contributed by atoms with van der Waals surface area (Å²) >= 11 is 0. The first-order chi connectivity index (χ1) is 11.0. The van der Waals surface area contributed by atoms with Gasteiger partial charge < -0.3 is 9.80 Å². The Hall–Kier alpha value is -1.36. The zero-order chi connectivity index (χ0) is 16.6. The van der Waals surface area contributed by atoms with E-state index in [4.69, 9.17) is 0 Å². The molecule has 0 radical (unpaired) electrons. The summed E-state index contributed by atoms with van der Waals surface area (Å²) < 4.78 is 2.00. The van der Waals surface area contributed by atoms with Gasteiger partial charge in [0.25, 0.3) is 0 Å². The van der Waals surface area contributed by atoms with E-state index in [1.165, 1.54) is 19.4 Å². The van der Waals surface area contributed by atoms with Crippen LogP contribution in [0.2, 0.25) is 0 Å². The number of aromatic nitrogens is 2. The third-order valence-corrected chi connectivity index (χ3v) is 5.57. The summed E-state index contributed by atoms with van der Waals surface area (Å²) in [6.45, 7) is 8.27. The fourth-order valence-corrected chi connectivity index (χ4v) is 4.47. The Morgan fingerprint density at radius 3 is 2.57 bits per heavy atom. The number of nitrogens with zero attached hydrogens (tertiary/aromatic N) is 4. The molecule has 2 fully saturated rings. The Morgan fingerprint density at radius 2 is 1.96 bits per heavy atom. The molecule has 3 atom stereocenters. The van der Waals surface area contributed by atoms with Crippen LogP contribution in [-0.4, -0.2) is 57.7 Å². The zero-order valence-electron chi connectivity index (χ0n) is 15.0. The highest BCUT2D eigenvalue weighted by molar-refractivity contribution is 5.77. The number of aryl methyl sites for hydroxylation is 2. The van der Waals surface area contributed by atoms with Crippen LogP contribution in [0.25, 0.3) is 0 Å². The minimum Gasteiger partial charge on any atom is -0.338 e. The topological polar surface area (TPSA) is 41.4 Å². The van der Waals surface area contributed by atoms with Gasteiger partial charge in [0, 0.05) is 30.7 Å². The van der Waals surface area contributed by atoms with Crippen molar-refractivity contribution in [3.8, 4) is 0 Å². The Kier molecular flexibility index (Phi) is 4.76. The van der Waals surface area contributed by atoms with Gasteiger partial charge in [0.1, 0.15) is 0 Å². The van der Waals surface area contributed by atoms with Crippen molar-refractivity contribution in [1.82, 2.24) is 19.6 Å². The Morgan fingerprint density at radius 1 is 1.26 bits per heavy atom. The maximum Gasteiger partial charge on any atom is 0.225 e. The van der Waals surface area contributed by atoms with Crippen LogP contribution in [0.1, 0.15) is 56.5 Å². The third kappa shape index (κ3) is 3.30. The first-order valence-corrected chi connectivity index (χ1v) is 9.00. The van der Waals surface area contributed by atoms with Crippen molar-refractivity contribution in [3.63, 3.8) is 0 Å². The maximum absolute atomic E-state index is 12.9. The molecule has 0 unspecified atom stereocenters. The van der Waals surface area contributed by atoms with E-state index >= 15 is 0 Å². The summed E-state index contributed by atoms with van der Waals surface area (Å²) in [6, 6.07) is 3.18. The fourth-order valence-electron chi connectivity index (χ4n) is 4.47. The molecule has 23 heavy (non-hydrogen) atoms. The lowest BCUT2D eigenvalue weighted by molar-refractivity contribution is -0.133. The van der Waals surface area contributed by atoms with E-state index in [-0.39, 0.29) is 6.04 Å². The van der Waals surface area contributed by atoms with E-state index in [0.29, 0.717) is 24.4 Å². The van der Waals surface area contributed by atoms with E-state index in [0.717, 1.165) is 30.8 Å². The summed E-state index contributed by atoms with van der Waals surface area (Å²) in [5.74, 6) is 0.299. The molecule has 5 nitrogen and oxygen atoms in total. The quantitative estimate of drug-likeness (QED) is 0.856. The van der Waals surface area contributed by atoms with Crippen LogP contribution < -0.4 is 0 Å². The average molecular weight is 318 g/mol. The monoisotopic (exact) mass is 318 g/mol. The number of likely N-dealkylation sites (tertiary alicyclic amines) is 2. The van der Waals surface area contributed by atoms with Crippen molar-refractivity contribution in [3.05, 3.63) is 17.5 Å². The van der Waals surface area contributed by atoms with E-state index in [1.54, 1.807) is 0 Å². The van der Waals surface area contributed by atoms with Crippen LogP contribution in [0.4, 0.5) is 0 Å². The second-order valence-electron chi connectivity index (χ2n) is 7.41. The van der Waals surface area contributed by atoms with Gasteiger partial charge in [-0.2, -0.15) is 5.10 Å². The van der Waals surface area contributed by atoms with Crippen molar-refractivity contribution >= 4 is 5.91 Å². The second kappa shape index (κ2) is 6.63. The molecule has 2 saturated heterocycles. The molecule has 0 saturated carbocycles. The van der Waals surface area contributed by atoms with Gasteiger partial charge in [-0.15, -0.1) is 0 Å². The van der Waals surface area contributed by atoms with Gasteiger partial charge in [-0.05, 0) is 66.1 Å². The molecule has 2 aliphatic heterocycles. The number of likely N-dealkylation sites (N-methyl/N-ethyl adjacent to an activating group) is 1. The number of hydrogen-bond acceptors (Lipinski definition) is 3. The van der Waals surface area contributed by atoms with Crippen LogP contribution in [0.5, 0.6) is 0 Å². The van der Waals surface area contributed by atoms with Crippen molar-refractivity contribution in [2.75, 3.05) is 20.1 Å². The van der Waals surface area contributed by atoms with E-state index in [9.17, 15) is 4.79 Å². The first-order valence-electron chi connectivity index (χ1n) is 9.00. The molecule has 0 aliphatic carbocycles. The lowest BCUT2D eigenvalue weighted by Gasteiger charge is -2.34. The summed E-state index contributed by atoms with van der Waals surface area (Å²) in [5, 5.41) is 4.54. The molecule has 1 amide bonds. The van der Waals surface area contributed by atoms with Gasteiger partial charge >= 0.3 is 0 Å². The number of amides is 1. The van der Waals surface area contributed by atoms with Crippen LogP contribution in [0.15, 0.2) is 6.07 Å². The predicted molar refractivity (Wildman–Crippen MR) is 91.4 cm³/mol. The van der Waals surface area contributed by atoms with Crippen LogP contribution >= 0.6 is 0 Å². The minimum atomic E-state index is 0.124. The highest BCUT2D eigenvalue weighted by atomic mass is 16.2. The zero-order valence-corrected chi connectivity index (χ0v) is 15.0. The molecule has 1 aromatic rings.